The Morgan fingerprint density at radius 3 is 1.29 bits per heavy atom. The third kappa shape index (κ3) is 28.2. The number of nitrogens with two attached hydrogens (primary N) is 7. The lowest BCUT2D eigenvalue weighted by Crippen LogP contribution is -2.61. The predicted octanol–water partition coefficient (Wildman–Crippen LogP) is -4.60. The van der Waals surface area contributed by atoms with Crippen molar-refractivity contribution in [2.75, 3.05) is 32.8 Å². The number of aliphatic carboxylic acids is 1. The highest BCUT2D eigenvalue weighted by Crippen LogP contribution is 2.14. The highest BCUT2D eigenvalue weighted by Gasteiger charge is 2.36. The summed E-state index contributed by atoms with van der Waals surface area (Å²) < 4.78 is 0. The quantitative estimate of drug-likeness (QED) is 0.0156. The normalized spacial score (nSPS) is 15.2. The van der Waals surface area contributed by atoms with E-state index < -0.39 is 126 Å². The number of carbonyl (C=O) groups is 9. The van der Waals surface area contributed by atoms with Gasteiger partial charge < -0.3 is 92.9 Å². The molecule has 0 aromatic rings. The van der Waals surface area contributed by atoms with Crippen molar-refractivity contribution in [3.63, 3.8) is 0 Å². The van der Waals surface area contributed by atoms with Crippen LogP contribution in [0.2, 0.25) is 0 Å². The van der Waals surface area contributed by atoms with Gasteiger partial charge in [0, 0.05) is 13.1 Å². The van der Waals surface area contributed by atoms with E-state index in [1.54, 1.807) is 41.5 Å². The van der Waals surface area contributed by atoms with Crippen LogP contribution >= 0.6 is 0 Å². The van der Waals surface area contributed by atoms with Crippen LogP contribution in [-0.2, 0) is 43.2 Å². The average molecular weight is 1070 g/mol. The van der Waals surface area contributed by atoms with Gasteiger partial charge >= 0.3 is 5.97 Å². The first-order valence-corrected chi connectivity index (χ1v) is 25.8. The Hall–Kier alpha value is -6.39. The second-order valence-electron chi connectivity index (χ2n) is 19.4. The maximum atomic E-state index is 14.3. The van der Waals surface area contributed by atoms with Crippen molar-refractivity contribution < 1.29 is 53.4 Å². The highest BCUT2D eigenvalue weighted by atomic mass is 16.4. The largest absolute Gasteiger partial charge is 0.480 e. The molecule has 24 N–H and O–H groups in total. The number of carboxylic acids is 1. The van der Waals surface area contributed by atoms with E-state index in [-0.39, 0.29) is 69.5 Å². The van der Waals surface area contributed by atoms with E-state index in [1.165, 1.54) is 6.92 Å². The zero-order valence-electron chi connectivity index (χ0n) is 45.0. The fourth-order valence-corrected chi connectivity index (χ4v) is 7.31. The monoisotopic (exact) mass is 1070 g/mol. The Balaban J connectivity index is 6.86. The van der Waals surface area contributed by atoms with Gasteiger partial charge in [-0.2, -0.15) is 0 Å². The lowest BCUT2D eigenvalue weighted by molar-refractivity contribution is -0.142. The Morgan fingerprint density at radius 2 is 0.867 bits per heavy atom. The van der Waals surface area contributed by atoms with E-state index in [4.69, 9.17) is 40.1 Å². The average Bonchev–Trinajstić information content (AvgIpc) is 3.34. The molecule has 28 heteroatoms. The summed E-state index contributed by atoms with van der Waals surface area (Å²) in [6, 6.07) is -11.5. The Bertz CT molecular complexity index is 1880. The van der Waals surface area contributed by atoms with E-state index in [9.17, 15) is 53.4 Å². The van der Waals surface area contributed by atoms with Crippen LogP contribution in [0.4, 0.5) is 0 Å². The molecule has 0 saturated carbocycles. The fraction of sp³-hybridized carbons (Fsp3) is 0.766. The first kappa shape index (κ1) is 68.6. The molecule has 0 aromatic heterocycles. The SMILES string of the molecule is CC[C@H](C)[C@H](NC(=O)[C@H](CCCCN)NC(=O)[C@@H](N)CCCCN)C(=O)N[C@@H](CCCN=C(N)N)C(=O)N[C@H](C(=O)N[C@@H](CCCN=C(N)N)C(=O)N[C@@H](CC(C)C)C(=O)N[C@@H](CO)C(=O)N[C@@H](C)C(=O)O)C(C)C. The van der Waals surface area contributed by atoms with Crippen LogP contribution in [0.25, 0.3) is 0 Å². The number of rotatable bonds is 39. The van der Waals surface area contributed by atoms with Crippen LogP contribution in [-0.4, -0.2) is 163 Å². The molecule has 0 spiro atoms. The smallest absolute Gasteiger partial charge is 0.325 e. The number of nitrogens with zero attached hydrogens (tertiary/aromatic N) is 2. The summed E-state index contributed by atoms with van der Waals surface area (Å²) in [5.41, 5.74) is 39.5. The molecule has 0 rings (SSSR count). The molecule has 0 aromatic carbocycles. The van der Waals surface area contributed by atoms with Crippen molar-refractivity contribution in [3.8, 4) is 0 Å². The summed E-state index contributed by atoms with van der Waals surface area (Å²) in [5, 5.41) is 39.8. The Morgan fingerprint density at radius 1 is 0.480 bits per heavy atom. The molecular formula is C47H91N17O11. The van der Waals surface area contributed by atoms with Gasteiger partial charge in [-0.05, 0) is 102 Å². The molecule has 10 atom stereocenters. The number of unbranched alkanes of at least 4 members (excludes halogenated alkanes) is 2. The molecule has 0 heterocycles. The number of guanidine groups is 2. The van der Waals surface area contributed by atoms with Crippen molar-refractivity contribution >= 4 is 65.1 Å². The third-order valence-corrected chi connectivity index (χ3v) is 12.0. The number of hydrogen-bond donors (Lipinski definition) is 17. The fourth-order valence-electron chi connectivity index (χ4n) is 7.31. The maximum Gasteiger partial charge on any atom is 0.325 e. The molecule has 430 valence electrons. The number of aliphatic imine (C=N–C) groups is 2. The molecule has 0 unspecified atom stereocenters. The molecular weight excluding hydrogens is 979 g/mol. The molecule has 28 nitrogen and oxygen atoms in total. The number of carbonyl (C=O) groups excluding carboxylic acids is 8. The molecule has 0 fully saturated rings. The summed E-state index contributed by atoms with van der Waals surface area (Å²) >= 11 is 0. The number of amides is 8. The van der Waals surface area contributed by atoms with Gasteiger partial charge in [-0.25, -0.2) is 0 Å². The van der Waals surface area contributed by atoms with E-state index >= 15 is 0 Å². The number of aliphatic hydroxyl groups excluding tert-OH is 1. The standard InChI is InChI=1S/C47H91N17O11/c1-8-27(6)36(64-40(69)30(16-10-12-20-49)58-37(66)29(50)15-9-11-19-48)44(73)60-32(18-14-22-56-47(53)54)39(68)63-35(26(4)5)43(72)59-31(17-13-21-55-46(51)52)38(67)61-33(23-25(2)3)41(70)62-34(24-65)42(71)57-28(7)45(74)75/h25-36,65H,8-24,48-50H2,1-7H3,(H,57,71)(H,58,66)(H,59,72)(H,60,73)(H,61,67)(H,62,70)(H,63,68)(H,64,69)(H,74,75)(H4,51,52,55)(H4,53,54,56)/t27-,28-,29-,30-,31-,32-,33-,34-,35-,36-/m0/s1. The molecule has 8 amide bonds. The van der Waals surface area contributed by atoms with Gasteiger partial charge in [0.05, 0.1) is 12.6 Å². The van der Waals surface area contributed by atoms with E-state index in [0.717, 1.165) is 0 Å². The van der Waals surface area contributed by atoms with Crippen LogP contribution in [0.5, 0.6) is 0 Å². The second-order valence-corrected chi connectivity index (χ2v) is 19.4. The number of carboxylic acid groups (broad SMARTS) is 1. The van der Waals surface area contributed by atoms with Gasteiger partial charge in [0.25, 0.3) is 0 Å². The zero-order chi connectivity index (χ0) is 57.4. The van der Waals surface area contributed by atoms with Crippen LogP contribution in [0.15, 0.2) is 9.98 Å². The molecule has 0 aliphatic carbocycles. The third-order valence-electron chi connectivity index (χ3n) is 12.0. The molecule has 0 saturated heterocycles. The zero-order valence-corrected chi connectivity index (χ0v) is 45.0. The molecule has 75 heavy (non-hydrogen) atoms. The molecule has 0 bridgehead atoms. The summed E-state index contributed by atoms with van der Waals surface area (Å²) in [6.07, 6.45) is 3.46. The van der Waals surface area contributed by atoms with Crippen LogP contribution in [0.1, 0.15) is 126 Å². The topological polar surface area (TPSA) is 497 Å². The molecule has 0 radical (unpaired) electrons. The van der Waals surface area contributed by atoms with Crippen LogP contribution in [0, 0.1) is 17.8 Å². The summed E-state index contributed by atoms with van der Waals surface area (Å²) in [5.74, 6) is -9.44. The van der Waals surface area contributed by atoms with Crippen molar-refractivity contribution in [2.45, 2.75) is 180 Å². The highest BCUT2D eigenvalue weighted by molar-refractivity contribution is 5.98. The van der Waals surface area contributed by atoms with Crippen LogP contribution in [0.3, 0.4) is 0 Å². The number of hydrogen-bond acceptors (Lipinski definition) is 15. The summed E-state index contributed by atoms with van der Waals surface area (Å²) in [7, 11) is 0. The van der Waals surface area contributed by atoms with Gasteiger partial charge in [0.2, 0.25) is 47.3 Å². The van der Waals surface area contributed by atoms with Crippen molar-refractivity contribution in [1.82, 2.24) is 42.5 Å². The number of nitrogens with one attached hydrogen (secondary N) is 8. The maximum absolute atomic E-state index is 14.3. The first-order chi connectivity index (χ1) is 35.2. The van der Waals surface area contributed by atoms with Gasteiger partial charge in [-0.15, -0.1) is 0 Å². The minimum absolute atomic E-state index is 0.0245. The van der Waals surface area contributed by atoms with Gasteiger partial charge in [-0.3, -0.25) is 53.1 Å². The lowest BCUT2D eigenvalue weighted by atomic mass is 9.96. The van der Waals surface area contributed by atoms with Crippen molar-refractivity contribution in [1.29, 1.82) is 0 Å². The minimum Gasteiger partial charge on any atom is -0.480 e. The van der Waals surface area contributed by atoms with Crippen molar-refractivity contribution in [3.05, 3.63) is 0 Å². The Kier molecular flexibility index (Phi) is 34.2. The van der Waals surface area contributed by atoms with Gasteiger partial charge in [0.15, 0.2) is 11.9 Å². The van der Waals surface area contributed by atoms with Gasteiger partial charge in [0.1, 0.15) is 48.3 Å². The Labute approximate surface area is 440 Å². The van der Waals surface area contributed by atoms with Crippen LogP contribution < -0.4 is 82.7 Å². The van der Waals surface area contributed by atoms with Crippen molar-refractivity contribution in [2.24, 2.45) is 67.9 Å². The summed E-state index contributed by atoms with van der Waals surface area (Å²) in [6.45, 7) is 11.5. The lowest BCUT2D eigenvalue weighted by Gasteiger charge is -2.30. The molecule has 0 aliphatic heterocycles. The predicted molar refractivity (Wildman–Crippen MR) is 283 cm³/mol. The van der Waals surface area contributed by atoms with E-state index in [0.29, 0.717) is 51.6 Å². The van der Waals surface area contributed by atoms with E-state index in [1.807, 2.05) is 0 Å². The molecule has 0 aliphatic rings. The minimum atomic E-state index is -1.58. The number of aliphatic hydroxyl groups is 1. The van der Waals surface area contributed by atoms with Gasteiger partial charge in [-0.1, -0.05) is 54.4 Å². The first-order valence-electron chi connectivity index (χ1n) is 25.8. The summed E-state index contributed by atoms with van der Waals surface area (Å²) in [4.78, 5) is 130. The van der Waals surface area contributed by atoms with E-state index in [2.05, 4.69) is 52.5 Å². The second kappa shape index (κ2) is 37.4.